The van der Waals surface area contributed by atoms with Crippen molar-refractivity contribution in [3.63, 3.8) is 0 Å². The molecule has 1 aromatic rings. The Bertz CT molecular complexity index is 401. The molecular formula is C16H27N3O. The van der Waals surface area contributed by atoms with Crippen LogP contribution in [0.4, 0.5) is 11.4 Å². The number of carbonyl (C=O) groups is 1. The number of rotatable bonds is 8. The van der Waals surface area contributed by atoms with Crippen molar-refractivity contribution in [1.29, 1.82) is 0 Å². The molecule has 1 atom stereocenters. The van der Waals surface area contributed by atoms with E-state index in [0.717, 1.165) is 30.8 Å². The van der Waals surface area contributed by atoms with E-state index in [9.17, 15) is 4.79 Å². The van der Waals surface area contributed by atoms with Crippen LogP contribution < -0.4 is 15.5 Å². The number of carbonyl (C=O) groups excluding carboxylic acids is 1. The second-order valence-corrected chi connectivity index (χ2v) is 5.31. The standard InChI is InChI=1S/C16H27N3O/c1-5-6-7-12-17-16(20)13(2)18-14-8-10-15(11-9-14)19(3)4/h8-11,13,18H,5-7,12H2,1-4H3,(H,17,20). The average Bonchev–Trinajstić information content (AvgIpc) is 2.44. The van der Waals surface area contributed by atoms with Gasteiger partial charge in [-0.3, -0.25) is 4.79 Å². The first kappa shape index (κ1) is 16.3. The van der Waals surface area contributed by atoms with E-state index in [2.05, 4.69) is 17.6 Å². The lowest BCUT2D eigenvalue weighted by molar-refractivity contribution is -0.121. The van der Waals surface area contributed by atoms with E-state index in [1.807, 2.05) is 50.2 Å². The molecule has 0 saturated carbocycles. The summed E-state index contributed by atoms with van der Waals surface area (Å²) < 4.78 is 0. The topological polar surface area (TPSA) is 44.4 Å². The summed E-state index contributed by atoms with van der Waals surface area (Å²) in [6.45, 7) is 4.80. The summed E-state index contributed by atoms with van der Waals surface area (Å²) in [6, 6.07) is 7.84. The predicted molar refractivity (Wildman–Crippen MR) is 86.4 cm³/mol. The second kappa shape index (κ2) is 8.46. The highest BCUT2D eigenvalue weighted by Crippen LogP contribution is 2.16. The molecule has 2 N–H and O–H groups in total. The molecule has 0 aromatic heterocycles. The van der Waals surface area contributed by atoms with Crippen LogP contribution in [0.3, 0.4) is 0 Å². The molecule has 0 spiro atoms. The molecule has 0 aliphatic rings. The first-order valence-electron chi connectivity index (χ1n) is 7.36. The molecule has 0 bridgehead atoms. The van der Waals surface area contributed by atoms with Gasteiger partial charge in [0.15, 0.2) is 0 Å². The second-order valence-electron chi connectivity index (χ2n) is 5.31. The van der Waals surface area contributed by atoms with Gasteiger partial charge in [-0.15, -0.1) is 0 Å². The van der Waals surface area contributed by atoms with Crippen molar-refractivity contribution in [1.82, 2.24) is 5.32 Å². The highest BCUT2D eigenvalue weighted by molar-refractivity contribution is 5.84. The molecule has 1 amide bonds. The van der Waals surface area contributed by atoms with Gasteiger partial charge in [0.25, 0.3) is 0 Å². The maximum atomic E-state index is 11.9. The molecule has 0 heterocycles. The molecule has 20 heavy (non-hydrogen) atoms. The van der Waals surface area contributed by atoms with E-state index in [-0.39, 0.29) is 11.9 Å². The van der Waals surface area contributed by atoms with Gasteiger partial charge >= 0.3 is 0 Å². The zero-order chi connectivity index (χ0) is 15.0. The Hall–Kier alpha value is -1.71. The van der Waals surface area contributed by atoms with Crippen LogP contribution in [0.5, 0.6) is 0 Å². The third-order valence-electron chi connectivity index (χ3n) is 3.24. The summed E-state index contributed by atoms with van der Waals surface area (Å²) in [5.41, 5.74) is 2.11. The van der Waals surface area contributed by atoms with Crippen molar-refractivity contribution in [2.75, 3.05) is 30.9 Å². The highest BCUT2D eigenvalue weighted by Gasteiger charge is 2.11. The summed E-state index contributed by atoms with van der Waals surface area (Å²) in [6.07, 6.45) is 3.38. The van der Waals surface area contributed by atoms with Crippen LogP contribution in [-0.2, 0) is 4.79 Å². The number of anilines is 2. The molecule has 0 aliphatic carbocycles. The van der Waals surface area contributed by atoms with Crippen LogP contribution >= 0.6 is 0 Å². The lowest BCUT2D eigenvalue weighted by Gasteiger charge is -2.17. The molecule has 1 rings (SSSR count). The van der Waals surface area contributed by atoms with Gasteiger partial charge in [0.2, 0.25) is 5.91 Å². The zero-order valence-electron chi connectivity index (χ0n) is 13.1. The summed E-state index contributed by atoms with van der Waals surface area (Å²) >= 11 is 0. The van der Waals surface area contributed by atoms with E-state index in [1.54, 1.807) is 0 Å². The fraction of sp³-hybridized carbons (Fsp3) is 0.562. The number of amides is 1. The molecule has 0 aliphatic heterocycles. The number of unbranched alkanes of at least 4 members (excludes halogenated alkanes) is 2. The average molecular weight is 277 g/mol. The molecular weight excluding hydrogens is 250 g/mol. The molecule has 112 valence electrons. The van der Waals surface area contributed by atoms with Crippen molar-refractivity contribution in [2.24, 2.45) is 0 Å². The molecule has 4 heteroatoms. The smallest absolute Gasteiger partial charge is 0.242 e. The largest absolute Gasteiger partial charge is 0.378 e. The summed E-state index contributed by atoms with van der Waals surface area (Å²) in [7, 11) is 4.02. The minimum atomic E-state index is -0.221. The van der Waals surface area contributed by atoms with Gasteiger partial charge in [-0.2, -0.15) is 0 Å². The van der Waals surface area contributed by atoms with Gasteiger partial charge in [-0.25, -0.2) is 0 Å². The number of nitrogens with one attached hydrogen (secondary N) is 2. The number of hydrogen-bond donors (Lipinski definition) is 2. The molecule has 1 unspecified atom stereocenters. The van der Waals surface area contributed by atoms with Crippen LogP contribution in [0, 0.1) is 0 Å². The SMILES string of the molecule is CCCCCNC(=O)C(C)Nc1ccc(N(C)C)cc1. The van der Waals surface area contributed by atoms with Crippen LogP contribution in [0.2, 0.25) is 0 Å². The van der Waals surface area contributed by atoms with E-state index in [0.29, 0.717) is 0 Å². The molecule has 0 radical (unpaired) electrons. The predicted octanol–water partition coefficient (Wildman–Crippen LogP) is 2.86. The van der Waals surface area contributed by atoms with Gasteiger partial charge in [-0.05, 0) is 37.6 Å². The first-order chi connectivity index (χ1) is 9.54. The monoisotopic (exact) mass is 277 g/mol. The summed E-state index contributed by atoms with van der Waals surface area (Å²) in [5, 5.41) is 6.18. The van der Waals surface area contributed by atoms with Gasteiger partial charge in [0.1, 0.15) is 6.04 Å². The first-order valence-corrected chi connectivity index (χ1v) is 7.36. The quantitative estimate of drug-likeness (QED) is 0.718. The lowest BCUT2D eigenvalue weighted by Crippen LogP contribution is -2.38. The van der Waals surface area contributed by atoms with Crippen LogP contribution in [0.1, 0.15) is 33.1 Å². The maximum Gasteiger partial charge on any atom is 0.242 e. The van der Waals surface area contributed by atoms with Crippen molar-refractivity contribution >= 4 is 17.3 Å². The maximum absolute atomic E-state index is 11.9. The van der Waals surface area contributed by atoms with Crippen molar-refractivity contribution < 1.29 is 4.79 Å². The summed E-state index contributed by atoms with van der Waals surface area (Å²) in [5.74, 6) is 0.0535. The Morgan fingerprint density at radius 1 is 1.20 bits per heavy atom. The van der Waals surface area contributed by atoms with Gasteiger partial charge in [0, 0.05) is 32.0 Å². The molecule has 0 fully saturated rings. The van der Waals surface area contributed by atoms with Crippen LogP contribution in [-0.4, -0.2) is 32.6 Å². The number of nitrogens with zero attached hydrogens (tertiary/aromatic N) is 1. The van der Waals surface area contributed by atoms with Gasteiger partial charge < -0.3 is 15.5 Å². The number of benzene rings is 1. The Labute approximate surface area is 122 Å². The van der Waals surface area contributed by atoms with Crippen molar-refractivity contribution in [2.45, 2.75) is 39.2 Å². The Morgan fingerprint density at radius 2 is 1.85 bits per heavy atom. The Kier molecular flexibility index (Phi) is 6.91. The summed E-state index contributed by atoms with van der Waals surface area (Å²) in [4.78, 5) is 14.0. The molecule has 1 aromatic carbocycles. The highest BCUT2D eigenvalue weighted by atomic mass is 16.2. The van der Waals surface area contributed by atoms with Crippen LogP contribution in [0.25, 0.3) is 0 Å². The Morgan fingerprint density at radius 3 is 2.40 bits per heavy atom. The fourth-order valence-corrected chi connectivity index (χ4v) is 1.91. The fourth-order valence-electron chi connectivity index (χ4n) is 1.91. The third-order valence-corrected chi connectivity index (χ3v) is 3.24. The lowest BCUT2D eigenvalue weighted by atomic mass is 10.2. The van der Waals surface area contributed by atoms with E-state index in [4.69, 9.17) is 0 Å². The van der Waals surface area contributed by atoms with Crippen molar-refractivity contribution in [3.05, 3.63) is 24.3 Å². The van der Waals surface area contributed by atoms with E-state index in [1.165, 1.54) is 6.42 Å². The normalized spacial score (nSPS) is 11.8. The van der Waals surface area contributed by atoms with E-state index >= 15 is 0 Å². The van der Waals surface area contributed by atoms with Gasteiger partial charge in [0.05, 0.1) is 0 Å². The van der Waals surface area contributed by atoms with E-state index < -0.39 is 0 Å². The minimum Gasteiger partial charge on any atom is -0.378 e. The minimum absolute atomic E-state index is 0.0535. The zero-order valence-corrected chi connectivity index (χ0v) is 13.1. The third kappa shape index (κ3) is 5.51. The Balaban J connectivity index is 2.40. The molecule has 0 saturated heterocycles. The van der Waals surface area contributed by atoms with Gasteiger partial charge in [-0.1, -0.05) is 19.8 Å². The van der Waals surface area contributed by atoms with Crippen molar-refractivity contribution in [3.8, 4) is 0 Å². The number of hydrogen-bond acceptors (Lipinski definition) is 3. The van der Waals surface area contributed by atoms with Crippen LogP contribution in [0.15, 0.2) is 24.3 Å². The molecule has 4 nitrogen and oxygen atoms in total.